The van der Waals surface area contributed by atoms with Crippen LogP contribution in [0.15, 0.2) is 134 Å². The van der Waals surface area contributed by atoms with Crippen LogP contribution in [0.2, 0.25) is 0 Å². The van der Waals surface area contributed by atoms with Gasteiger partial charge in [-0.05, 0) is 82.6 Å². The van der Waals surface area contributed by atoms with Crippen molar-refractivity contribution in [2.45, 2.75) is 71.6 Å². The third kappa shape index (κ3) is 6.62. The summed E-state index contributed by atoms with van der Waals surface area (Å²) in [6.45, 7) is 18.3. The Bertz CT molecular complexity index is 1930. The fourth-order valence-corrected chi connectivity index (χ4v) is 9.76. The summed E-state index contributed by atoms with van der Waals surface area (Å²) in [5.74, 6) is 3.36. The summed E-state index contributed by atoms with van der Waals surface area (Å²) < 4.78 is 25.6. The van der Waals surface area contributed by atoms with E-state index in [0.717, 1.165) is 44.7 Å². The van der Waals surface area contributed by atoms with Crippen molar-refractivity contribution in [1.82, 2.24) is 8.68 Å². The summed E-state index contributed by atoms with van der Waals surface area (Å²) in [5, 5.41) is 2.09. The van der Waals surface area contributed by atoms with Gasteiger partial charge in [0.05, 0.1) is 10.6 Å². The van der Waals surface area contributed by atoms with E-state index in [2.05, 4.69) is 137 Å². The first-order valence-corrected chi connectivity index (χ1v) is 19.6. The number of fused-ring (bicyclic) bond motifs is 2. The predicted octanol–water partition coefficient (Wildman–Crippen LogP) is 11.4. The number of hydrogen-bond donors (Lipinski definition) is 0. The first kappa shape index (κ1) is 34.2. The van der Waals surface area contributed by atoms with Crippen LogP contribution in [0.5, 0.6) is 23.0 Å². The van der Waals surface area contributed by atoms with Crippen molar-refractivity contribution in [2.75, 3.05) is 0 Å². The minimum atomic E-state index is -1.36. The lowest BCUT2D eigenvalue weighted by molar-refractivity contribution is 0.420. The minimum Gasteiger partial charge on any atom is -0.455 e. The van der Waals surface area contributed by atoms with Crippen LogP contribution in [0.4, 0.5) is 0 Å². The van der Waals surface area contributed by atoms with Crippen LogP contribution in [-0.2, 0) is 16.2 Å². The van der Waals surface area contributed by atoms with Gasteiger partial charge >= 0.3 is 0 Å². The molecule has 1 aliphatic rings. The molecule has 2 unspecified atom stereocenters. The van der Waals surface area contributed by atoms with Crippen molar-refractivity contribution in [3.05, 3.63) is 156 Å². The van der Waals surface area contributed by atoms with Crippen molar-refractivity contribution in [3.63, 3.8) is 0 Å². The Morgan fingerprint density at radius 1 is 0.520 bits per heavy atom. The molecule has 0 saturated heterocycles. The largest absolute Gasteiger partial charge is 0.455 e. The van der Waals surface area contributed by atoms with E-state index in [1.807, 2.05) is 60.7 Å². The lowest BCUT2D eigenvalue weighted by Crippen LogP contribution is -2.33. The van der Waals surface area contributed by atoms with E-state index < -0.39 is 22.0 Å². The molecule has 0 radical (unpaired) electrons. The van der Waals surface area contributed by atoms with Crippen molar-refractivity contribution in [2.24, 2.45) is 0 Å². The van der Waals surface area contributed by atoms with Gasteiger partial charge in [0.1, 0.15) is 23.0 Å². The molecule has 7 rings (SSSR count). The van der Waals surface area contributed by atoms with Crippen LogP contribution in [0.1, 0.15) is 77.6 Å². The summed E-state index contributed by atoms with van der Waals surface area (Å²) >= 11 is 0. The molecule has 6 aromatic rings. The highest BCUT2D eigenvalue weighted by Crippen LogP contribution is 2.55. The van der Waals surface area contributed by atoms with Gasteiger partial charge in [0.25, 0.3) is 0 Å². The number of aromatic nitrogens is 2. The number of rotatable bonds is 8. The van der Waals surface area contributed by atoms with Gasteiger partial charge in [-0.15, -0.1) is 0 Å². The zero-order valence-corrected chi connectivity index (χ0v) is 32.0. The van der Waals surface area contributed by atoms with Crippen LogP contribution in [-0.4, -0.2) is 8.68 Å². The fourth-order valence-electron chi connectivity index (χ4n) is 6.26. The standard InChI is InChI=1S/C43H46N2O3P2/c1-41(2,3)31-27-35-39(37(29-31)49(44-23-15-16-24-44)47-33-19-11-9-12-20-33)46-40-36(43(35,7)8)28-32(42(4,5)6)30-38(40)50(45-25-17-18-26-45)48-34-21-13-10-14-22-34/h9-30H,1-8H3. The quantitative estimate of drug-likeness (QED) is 0.148. The van der Waals surface area contributed by atoms with E-state index >= 15 is 0 Å². The Morgan fingerprint density at radius 3 is 1.22 bits per heavy atom. The Kier molecular flexibility index (Phi) is 8.96. The Morgan fingerprint density at radius 2 is 0.880 bits per heavy atom. The fraction of sp³-hybridized carbons (Fsp3) is 0.256. The summed E-state index contributed by atoms with van der Waals surface area (Å²) in [7, 11) is -2.73. The van der Waals surface area contributed by atoms with Gasteiger partial charge in [-0.3, -0.25) is 8.68 Å². The maximum atomic E-state index is 7.39. The molecule has 256 valence electrons. The molecule has 1 aliphatic heterocycles. The van der Waals surface area contributed by atoms with E-state index in [0.29, 0.717) is 0 Å². The van der Waals surface area contributed by atoms with Gasteiger partial charge in [0.2, 0.25) is 16.6 Å². The molecule has 3 heterocycles. The van der Waals surface area contributed by atoms with Crippen molar-refractivity contribution in [1.29, 1.82) is 0 Å². The highest BCUT2D eigenvalue weighted by molar-refractivity contribution is 7.60. The molecule has 0 N–H and O–H groups in total. The lowest BCUT2D eigenvalue weighted by Gasteiger charge is -2.40. The molecule has 5 nitrogen and oxygen atoms in total. The average molecular weight is 701 g/mol. The third-order valence-corrected chi connectivity index (χ3v) is 12.9. The highest BCUT2D eigenvalue weighted by atomic mass is 31.2. The molecule has 0 bridgehead atoms. The molecule has 0 saturated carbocycles. The van der Waals surface area contributed by atoms with E-state index in [4.69, 9.17) is 13.8 Å². The first-order chi connectivity index (χ1) is 23.8. The van der Waals surface area contributed by atoms with Crippen molar-refractivity contribution < 1.29 is 13.8 Å². The number of para-hydroxylation sites is 2. The van der Waals surface area contributed by atoms with E-state index in [-0.39, 0.29) is 10.8 Å². The maximum absolute atomic E-state index is 7.39. The first-order valence-electron chi connectivity index (χ1n) is 17.2. The van der Waals surface area contributed by atoms with Crippen molar-refractivity contribution >= 4 is 27.2 Å². The molecule has 0 fully saturated rings. The number of ether oxygens (including phenoxy) is 1. The van der Waals surface area contributed by atoms with Gasteiger partial charge < -0.3 is 13.8 Å². The zero-order chi connectivity index (χ0) is 35.3. The molecule has 50 heavy (non-hydrogen) atoms. The number of hydrogen-bond acceptors (Lipinski definition) is 3. The summed E-state index contributed by atoms with van der Waals surface area (Å²) in [6.07, 6.45) is 8.36. The molecule has 2 aromatic heterocycles. The van der Waals surface area contributed by atoms with Crippen LogP contribution in [0.25, 0.3) is 0 Å². The topological polar surface area (TPSA) is 37.5 Å². The van der Waals surface area contributed by atoms with Gasteiger partial charge in [-0.1, -0.05) is 104 Å². The van der Waals surface area contributed by atoms with Gasteiger partial charge in [-0.25, -0.2) is 0 Å². The molecule has 7 heteroatoms. The Balaban J connectivity index is 1.49. The Labute approximate surface area is 299 Å². The average Bonchev–Trinajstić information content (AvgIpc) is 3.82. The molecular formula is C43H46N2O3P2. The van der Waals surface area contributed by atoms with Crippen LogP contribution in [0, 0.1) is 0 Å². The van der Waals surface area contributed by atoms with Crippen LogP contribution < -0.4 is 24.4 Å². The Hall–Kier alpha value is -4.30. The summed E-state index contributed by atoms with van der Waals surface area (Å²) in [5.41, 5.74) is 4.22. The highest BCUT2D eigenvalue weighted by Gasteiger charge is 2.42. The molecule has 0 aliphatic carbocycles. The second-order valence-electron chi connectivity index (χ2n) is 15.5. The summed E-state index contributed by atoms with van der Waals surface area (Å²) in [4.78, 5) is 0. The number of nitrogens with zero attached hydrogens (tertiary/aromatic N) is 2. The smallest absolute Gasteiger partial charge is 0.232 e. The summed E-state index contributed by atoms with van der Waals surface area (Å²) in [6, 6.07) is 37.8. The zero-order valence-electron chi connectivity index (χ0n) is 30.2. The van der Waals surface area contributed by atoms with E-state index in [1.165, 1.54) is 11.1 Å². The number of benzene rings is 4. The van der Waals surface area contributed by atoms with Gasteiger partial charge in [-0.2, -0.15) is 0 Å². The monoisotopic (exact) mass is 700 g/mol. The molecule has 0 amide bonds. The van der Waals surface area contributed by atoms with E-state index in [1.54, 1.807) is 0 Å². The SMILES string of the molecule is CC(C)(C)c1cc(P(Oc2ccccc2)n2cccc2)c2c(c1)C(C)(C)c1cc(C(C)(C)C)cc(P(Oc3ccccc3)n3cccc3)c1O2. The molecule has 4 aromatic carbocycles. The van der Waals surface area contributed by atoms with Crippen LogP contribution >= 0.6 is 16.6 Å². The molecule has 0 spiro atoms. The van der Waals surface area contributed by atoms with Gasteiger partial charge in [0, 0.05) is 41.3 Å². The lowest BCUT2D eigenvalue weighted by atomic mass is 9.72. The molecular weight excluding hydrogens is 654 g/mol. The normalized spacial score (nSPS) is 15.0. The maximum Gasteiger partial charge on any atom is 0.232 e. The molecule has 2 atom stereocenters. The van der Waals surface area contributed by atoms with Gasteiger partial charge in [0.15, 0.2) is 0 Å². The second kappa shape index (κ2) is 13.1. The third-order valence-electron chi connectivity index (χ3n) is 9.30. The van der Waals surface area contributed by atoms with Crippen LogP contribution in [0.3, 0.4) is 0 Å². The predicted molar refractivity (Wildman–Crippen MR) is 209 cm³/mol. The minimum absolute atomic E-state index is 0.102. The van der Waals surface area contributed by atoms with E-state index in [9.17, 15) is 0 Å². The van der Waals surface area contributed by atoms with Crippen molar-refractivity contribution in [3.8, 4) is 23.0 Å². The second-order valence-corrected chi connectivity index (χ2v) is 18.8.